The molecule has 5 heteroatoms. The van der Waals surface area contributed by atoms with Crippen molar-refractivity contribution in [3.63, 3.8) is 0 Å². The summed E-state index contributed by atoms with van der Waals surface area (Å²) < 4.78 is 5.27. The molecule has 0 bridgehead atoms. The Balaban J connectivity index is 2.02. The quantitative estimate of drug-likeness (QED) is 0.886. The molecule has 0 fully saturated rings. The predicted molar refractivity (Wildman–Crippen MR) is 73.3 cm³/mol. The summed E-state index contributed by atoms with van der Waals surface area (Å²) in [6.07, 6.45) is 2.00. The Bertz CT molecular complexity index is 663. The highest BCUT2D eigenvalue weighted by Gasteiger charge is 2.22. The van der Waals surface area contributed by atoms with Gasteiger partial charge in [-0.25, -0.2) is 0 Å². The summed E-state index contributed by atoms with van der Waals surface area (Å²) in [5, 5.41) is 3.31. The van der Waals surface area contributed by atoms with Gasteiger partial charge in [-0.05, 0) is 36.2 Å². The van der Waals surface area contributed by atoms with Crippen molar-refractivity contribution in [2.24, 2.45) is 5.73 Å². The Labute approximate surface area is 115 Å². The van der Waals surface area contributed by atoms with E-state index < -0.39 is 0 Å². The first-order valence-electron chi connectivity index (χ1n) is 5.97. The minimum absolute atomic E-state index is 0.0176. The van der Waals surface area contributed by atoms with E-state index >= 15 is 0 Å². The van der Waals surface area contributed by atoms with Crippen LogP contribution in [0.15, 0.2) is 28.9 Å². The zero-order valence-electron chi connectivity index (χ0n) is 10.4. The summed E-state index contributed by atoms with van der Waals surface area (Å²) in [7, 11) is 0. The monoisotopic (exact) mass is 276 g/mol. The normalized spacial score (nSPS) is 15.2. The van der Waals surface area contributed by atoms with E-state index in [0.29, 0.717) is 11.4 Å². The average molecular weight is 277 g/mol. The van der Waals surface area contributed by atoms with E-state index in [4.69, 9.17) is 21.8 Å². The second kappa shape index (κ2) is 4.40. The number of benzene rings is 1. The lowest BCUT2D eigenvalue weighted by molar-refractivity contribution is -0.115. The van der Waals surface area contributed by atoms with E-state index in [-0.39, 0.29) is 11.9 Å². The Morgan fingerprint density at radius 2 is 2.21 bits per heavy atom. The van der Waals surface area contributed by atoms with Crippen LogP contribution in [0.5, 0.6) is 0 Å². The number of furan rings is 1. The average Bonchev–Trinajstić information content (AvgIpc) is 2.92. The van der Waals surface area contributed by atoms with Crippen LogP contribution < -0.4 is 11.1 Å². The largest absolute Gasteiger partial charge is 0.469 e. The molecular formula is C14H13ClN2O2. The standard InChI is InChI=1S/C14H13ClN2O2/c1-7-2-9(6-19-7)14(16)10-3-8-4-13(18)17-12(8)5-11(10)15/h2-3,5-6,14H,4,16H2,1H3,(H,17,18). The first-order chi connectivity index (χ1) is 9.04. The highest BCUT2D eigenvalue weighted by atomic mass is 35.5. The number of rotatable bonds is 2. The first-order valence-corrected chi connectivity index (χ1v) is 6.35. The molecule has 98 valence electrons. The molecule has 0 radical (unpaired) electrons. The molecule has 0 spiro atoms. The second-order valence-electron chi connectivity index (χ2n) is 4.72. The number of carbonyl (C=O) groups excluding carboxylic acids is 1. The molecule has 0 saturated carbocycles. The lowest BCUT2D eigenvalue weighted by Crippen LogP contribution is -2.12. The third-order valence-corrected chi connectivity index (χ3v) is 3.62. The minimum atomic E-state index is -0.356. The van der Waals surface area contributed by atoms with Gasteiger partial charge in [-0.2, -0.15) is 0 Å². The summed E-state index contributed by atoms with van der Waals surface area (Å²) in [5.41, 5.74) is 9.59. The Hall–Kier alpha value is -1.78. The van der Waals surface area contributed by atoms with Gasteiger partial charge < -0.3 is 15.5 Å². The maximum absolute atomic E-state index is 11.4. The van der Waals surface area contributed by atoms with Crippen molar-refractivity contribution in [2.45, 2.75) is 19.4 Å². The number of carbonyl (C=O) groups is 1. The van der Waals surface area contributed by atoms with Crippen molar-refractivity contribution >= 4 is 23.2 Å². The van der Waals surface area contributed by atoms with Crippen molar-refractivity contribution in [3.8, 4) is 0 Å². The van der Waals surface area contributed by atoms with Crippen LogP contribution in [0.25, 0.3) is 0 Å². The highest BCUT2D eigenvalue weighted by molar-refractivity contribution is 6.32. The third kappa shape index (κ3) is 2.13. The van der Waals surface area contributed by atoms with Crippen molar-refractivity contribution in [2.75, 3.05) is 5.32 Å². The summed E-state index contributed by atoms with van der Waals surface area (Å²) in [4.78, 5) is 11.4. The lowest BCUT2D eigenvalue weighted by atomic mass is 9.98. The number of fused-ring (bicyclic) bond motifs is 1. The van der Waals surface area contributed by atoms with Gasteiger partial charge in [0, 0.05) is 16.3 Å². The molecule has 1 amide bonds. The zero-order chi connectivity index (χ0) is 13.6. The van der Waals surface area contributed by atoms with E-state index in [9.17, 15) is 4.79 Å². The summed E-state index contributed by atoms with van der Waals surface area (Å²) in [6, 6.07) is 5.18. The molecule has 3 N–H and O–H groups in total. The van der Waals surface area contributed by atoms with Crippen LogP contribution in [0.3, 0.4) is 0 Å². The van der Waals surface area contributed by atoms with Crippen molar-refractivity contribution in [1.82, 2.24) is 0 Å². The lowest BCUT2D eigenvalue weighted by Gasteiger charge is -2.13. The van der Waals surface area contributed by atoms with Crippen LogP contribution in [-0.4, -0.2) is 5.91 Å². The van der Waals surface area contributed by atoms with Crippen LogP contribution in [-0.2, 0) is 11.2 Å². The molecule has 1 aromatic carbocycles. The number of aryl methyl sites for hydroxylation is 1. The van der Waals surface area contributed by atoms with E-state index in [0.717, 1.165) is 28.1 Å². The molecule has 0 aliphatic carbocycles. The number of nitrogens with two attached hydrogens (primary N) is 1. The fourth-order valence-corrected chi connectivity index (χ4v) is 2.59. The number of nitrogens with one attached hydrogen (secondary N) is 1. The van der Waals surface area contributed by atoms with E-state index in [1.54, 1.807) is 12.3 Å². The Morgan fingerprint density at radius 3 is 2.89 bits per heavy atom. The Kier molecular flexibility index (Phi) is 2.84. The number of amides is 1. The maximum Gasteiger partial charge on any atom is 0.228 e. The van der Waals surface area contributed by atoms with Gasteiger partial charge in [-0.15, -0.1) is 0 Å². The smallest absolute Gasteiger partial charge is 0.228 e. The molecule has 1 unspecified atom stereocenters. The second-order valence-corrected chi connectivity index (χ2v) is 5.13. The molecule has 2 aromatic rings. The van der Waals surface area contributed by atoms with Crippen LogP contribution >= 0.6 is 11.6 Å². The molecule has 4 nitrogen and oxygen atoms in total. The number of hydrogen-bond acceptors (Lipinski definition) is 3. The van der Waals surface area contributed by atoms with Gasteiger partial charge in [-0.3, -0.25) is 4.79 Å². The molecule has 3 rings (SSSR count). The van der Waals surface area contributed by atoms with Crippen LogP contribution in [0.2, 0.25) is 5.02 Å². The van der Waals surface area contributed by atoms with E-state index in [2.05, 4.69) is 5.32 Å². The molecule has 0 saturated heterocycles. The molecule has 1 aliphatic heterocycles. The van der Waals surface area contributed by atoms with Gasteiger partial charge in [0.1, 0.15) is 5.76 Å². The van der Waals surface area contributed by atoms with Gasteiger partial charge in [0.15, 0.2) is 0 Å². The highest BCUT2D eigenvalue weighted by Crippen LogP contribution is 2.34. The predicted octanol–water partition coefficient (Wildman–Crippen LogP) is 2.78. The summed E-state index contributed by atoms with van der Waals surface area (Å²) >= 11 is 6.25. The molecule has 1 atom stereocenters. The molecule has 1 aliphatic rings. The molecule has 2 heterocycles. The summed E-state index contributed by atoms with van der Waals surface area (Å²) in [5.74, 6) is 0.788. The fraction of sp³-hybridized carbons (Fsp3) is 0.214. The SMILES string of the molecule is Cc1cc(C(N)c2cc3c(cc2Cl)NC(=O)C3)co1. The molecule has 1 aromatic heterocycles. The van der Waals surface area contributed by atoms with E-state index in [1.165, 1.54) is 0 Å². The van der Waals surface area contributed by atoms with Gasteiger partial charge in [0.25, 0.3) is 0 Å². The number of hydrogen-bond donors (Lipinski definition) is 2. The zero-order valence-corrected chi connectivity index (χ0v) is 11.1. The fourth-order valence-electron chi connectivity index (χ4n) is 2.31. The Morgan fingerprint density at radius 1 is 1.42 bits per heavy atom. The molecule has 19 heavy (non-hydrogen) atoms. The summed E-state index contributed by atoms with van der Waals surface area (Å²) in [6.45, 7) is 1.86. The minimum Gasteiger partial charge on any atom is -0.469 e. The van der Waals surface area contributed by atoms with Gasteiger partial charge in [0.2, 0.25) is 5.91 Å². The van der Waals surface area contributed by atoms with Crippen LogP contribution in [0.1, 0.15) is 28.5 Å². The van der Waals surface area contributed by atoms with Crippen molar-refractivity contribution in [1.29, 1.82) is 0 Å². The topological polar surface area (TPSA) is 68.3 Å². The third-order valence-electron chi connectivity index (χ3n) is 3.29. The van der Waals surface area contributed by atoms with Gasteiger partial charge >= 0.3 is 0 Å². The first kappa shape index (κ1) is 12.3. The van der Waals surface area contributed by atoms with Crippen LogP contribution in [0, 0.1) is 6.92 Å². The van der Waals surface area contributed by atoms with Gasteiger partial charge in [-0.1, -0.05) is 11.6 Å². The van der Waals surface area contributed by atoms with Gasteiger partial charge in [0.05, 0.1) is 18.7 Å². The number of halogens is 1. The molecular weight excluding hydrogens is 264 g/mol. The van der Waals surface area contributed by atoms with Crippen molar-refractivity contribution in [3.05, 3.63) is 51.9 Å². The van der Waals surface area contributed by atoms with E-state index in [1.807, 2.05) is 19.1 Å². The number of anilines is 1. The van der Waals surface area contributed by atoms with Crippen molar-refractivity contribution < 1.29 is 9.21 Å². The maximum atomic E-state index is 11.4. The van der Waals surface area contributed by atoms with Crippen LogP contribution in [0.4, 0.5) is 5.69 Å².